The van der Waals surface area contributed by atoms with Crippen LogP contribution >= 0.6 is 12.1 Å². The molecule has 0 spiro atoms. The van der Waals surface area contributed by atoms with Gasteiger partial charge in [0.05, 0.1) is 17.2 Å². The van der Waals surface area contributed by atoms with Gasteiger partial charge in [0.1, 0.15) is 0 Å². The Hall–Kier alpha value is -3.12. The molecule has 0 saturated carbocycles. The van der Waals surface area contributed by atoms with E-state index in [1.165, 1.54) is 0 Å². The molecule has 1 amide bonds. The number of nitrogens with zero attached hydrogens (tertiary/aromatic N) is 1. The van der Waals surface area contributed by atoms with E-state index in [9.17, 15) is 14.9 Å². The number of amides is 1. The fourth-order valence-corrected chi connectivity index (χ4v) is 4.25. The molecule has 1 aliphatic carbocycles. The maximum Gasteiger partial charge on any atom is 0.251 e. The number of hydrogen-bond acceptors (Lipinski definition) is 6. The number of benzene rings is 2. The molecule has 1 heterocycles. The molecular weight excluding hydrogens is 398 g/mol. The minimum Gasteiger partial charge on any atom is -0.357 e. The summed E-state index contributed by atoms with van der Waals surface area (Å²) in [5.41, 5.74) is 4.11. The van der Waals surface area contributed by atoms with Gasteiger partial charge in [0, 0.05) is 58.4 Å². The van der Waals surface area contributed by atoms with Crippen molar-refractivity contribution in [3.8, 4) is 6.07 Å². The van der Waals surface area contributed by atoms with Crippen molar-refractivity contribution in [3.05, 3.63) is 69.9 Å². The van der Waals surface area contributed by atoms with E-state index < -0.39 is 5.41 Å². The van der Waals surface area contributed by atoms with Crippen LogP contribution < -0.4 is 15.2 Å². The highest BCUT2D eigenvalue weighted by molar-refractivity contribution is 7.95. The van der Waals surface area contributed by atoms with Gasteiger partial charge in [-0.15, -0.1) is 0 Å². The normalized spacial score (nSPS) is 14.1. The highest BCUT2D eigenvalue weighted by Gasteiger charge is 2.39. The quantitative estimate of drug-likeness (QED) is 0.372. The molecule has 0 aliphatic heterocycles. The molecule has 7 nitrogen and oxygen atoms in total. The zero-order valence-electron chi connectivity index (χ0n) is 16.6. The van der Waals surface area contributed by atoms with Crippen LogP contribution in [0, 0.1) is 11.3 Å². The van der Waals surface area contributed by atoms with Crippen molar-refractivity contribution >= 4 is 34.7 Å². The Morgan fingerprint density at radius 1 is 1.23 bits per heavy atom. The Morgan fingerprint density at radius 3 is 2.77 bits per heavy atom. The molecule has 3 aromatic rings. The van der Waals surface area contributed by atoms with E-state index in [4.69, 9.17) is 5.14 Å². The summed E-state index contributed by atoms with van der Waals surface area (Å²) in [4.78, 5) is 29.2. The number of carbonyl (C=O) groups excluding carboxylic acids is 2. The number of aromatic amines is 1. The van der Waals surface area contributed by atoms with Crippen LogP contribution in [0.4, 0.5) is 0 Å². The topological polar surface area (TPSA) is 124 Å². The lowest BCUT2D eigenvalue weighted by Crippen LogP contribution is -2.33. The van der Waals surface area contributed by atoms with Gasteiger partial charge in [-0.3, -0.25) is 14.7 Å². The summed E-state index contributed by atoms with van der Waals surface area (Å²) in [6.07, 6.45) is 0. The second-order valence-corrected chi connectivity index (χ2v) is 8.25. The Morgan fingerprint density at radius 2 is 2.03 bits per heavy atom. The number of aromatic nitrogens is 1. The minimum atomic E-state index is -0.515. The Balaban J connectivity index is 1.76. The monoisotopic (exact) mass is 419 g/mol. The number of rotatable bonds is 5. The van der Waals surface area contributed by atoms with Crippen LogP contribution in [0.2, 0.25) is 0 Å². The van der Waals surface area contributed by atoms with E-state index in [1.54, 1.807) is 30.3 Å². The van der Waals surface area contributed by atoms with Crippen molar-refractivity contribution < 1.29 is 9.59 Å². The molecule has 5 N–H and O–H groups in total. The molecule has 4 rings (SSSR count). The van der Waals surface area contributed by atoms with Crippen molar-refractivity contribution in [2.45, 2.75) is 19.3 Å². The molecule has 8 heteroatoms. The smallest absolute Gasteiger partial charge is 0.251 e. The van der Waals surface area contributed by atoms with E-state index in [2.05, 4.69) is 21.1 Å². The van der Waals surface area contributed by atoms with Crippen LogP contribution in [0.5, 0.6) is 0 Å². The van der Waals surface area contributed by atoms with Crippen molar-refractivity contribution in [1.29, 1.82) is 5.26 Å². The van der Waals surface area contributed by atoms with Crippen molar-refractivity contribution in [1.82, 2.24) is 15.0 Å². The standard InChI is InChI=1S/C22H21N5O2S/c1-22(2)16-10-13(21(29)25-7-8-26-30-24)4-6-14(16)19(28)18-15-5-3-12(11-23)9-17(15)27-20(18)22/h3-6,9-10,26-27H,7-8,24H2,1-2H3,(H,25,29). The predicted octanol–water partition coefficient (Wildman–Crippen LogP) is 2.75. The van der Waals surface area contributed by atoms with E-state index in [0.29, 0.717) is 35.3 Å². The average Bonchev–Trinajstić information content (AvgIpc) is 3.14. The molecule has 0 atom stereocenters. The van der Waals surface area contributed by atoms with Gasteiger partial charge in [-0.05, 0) is 35.9 Å². The number of carbonyl (C=O) groups is 2. The third-order valence-corrected chi connectivity index (χ3v) is 5.95. The van der Waals surface area contributed by atoms with E-state index in [1.807, 2.05) is 19.9 Å². The first kappa shape index (κ1) is 20.2. The summed E-state index contributed by atoms with van der Waals surface area (Å²) in [6.45, 7) is 5.05. The summed E-state index contributed by atoms with van der Waals surface area (Å²) in [7, 11) is 0. The summed E-state index contributed by atoms with van der Waals surface area (Å²) in [5.74, 6) is -0.280. The van der Waals surface area contributed by atoms with Crippen LogP contribution in [0.3, 0.4) is 0 Å². The van der Waals surface area contributed by atoms with Gasteiger partial charge >= 0.3 is 0 Å². The van der Waals surface area contributed by atoms with Gasteiger partial charge in [0.25, 0.3) is 5.91 Å². The van der Waals surface area contributed by atoms with Crippen LogP contribution in [0.15, 0.2) is 36.4 Å². The zero-order chi connectivity index (χ0) is 21.5. The number of nitrogens with one attached hydrogen (secondary N) is 3. The van der Waals surface area contributed by atoms with E-state index in [0.717, 1.165) is 34.3 Å². The van der Waals surface area contributed by atoms with Gasteiger partial charge in [0.15, 0.2) is 5.78 Å². The Labute approximate surface area is 178 Å². The molecule has 30 heavy (non-hydrogen) atoms. The van der Waals surface area contributed by atoms with Gasteiger partial charge < -0.3 is 10.3 Å². The Kier molecular flexibility index (Phi) is 5.12. The largest absolute Gasteiger partial charge is 0.357 e. The van der Waals surface area contributed by atoms with Crippen molar-refractivity contribution in [3.63, 3.8) is 0 Å². The van der Waals surface area contributed by atoms with Crippen LogP contribution in [0.25, 0.3) is 10.9 Å². The predicted molar refractivity (Wildman–Crippen MR) is 117 cm³/mol. The lowest BCUT2D eigenvalue weighted by Gasteiger charge is -2.32. The van der Waals surface area contributed by atoms with Crippen LogP contribution in [0.1, 0.15) is 56.9 Å². The fourth-order valence-electron chi connectivity index (χ4n) is 4.03. The first-order valence-corrected chi connectivity index (χ1v) is 10.4. The lowest BCUT2D eigenvalue weighted by atomic mass is 9.71. The van der Waals surface area contributed by atoms with Gasteiger partial charge in [-0.1, -0.05) is 19.9 Å². The first-order valence-electron chi connectivity index (χ1n) is 9.50. The second kappa shape index (κ2) is 7.61. The lowest BCUT2D eigenvalue weighted by molar-refractivity contribution is 0.0952. The number of fused-ring (bicyclic) bond motifs is 4. The molecule has 2 aromatic carbocycles. The maximum atomic E-state index is 13.3. The Bertz CT molecular complexity index is 1220. The summed E-state index contributed by atoms with van der Waals surface area (Å²) in [5, 5.41) is 18.1. The van der Waals surface area contributed by atoms with E-state index in [-0.39, 0.29) is 11.7 Å². The number of nitrogens with two attached hydrogens (primary N) is 1. The van der Waals surface area contributed by atoms with Crippen molar-refractivity contribution in [2.75, 3.05) is 13.1 Å². The van der Waals surface area contributed by atoms with E-state index >= 15 is 0 Å². The van der Waals surface area contributed by atoms with Gasteiger partial charge in [-0.2, -0.15) is 5.26 Å². The van der Waals surface area contributed by atoms with Crippen LogP contribution in [-0.4, -0.2) is 29.8 Å². The number of ketones is 1. The maximum absolute atomic E-state index is 13.3. The highest BCUT2D eigenvalue weighted by atomic mass is 32.2. The number of nitriles is 1. The summed E-state index contributed by atoms with van der Waals surface area (Å²) < 4.78 is 2.87. The average molecular weight is 420 g/mol. The summed E-state index contributed by atoms with van der Waals surface area (Å²) >= 11 is 1.00. The molecule has 0 fully saturated rings. The van der Waals surface area contributed by atoms with Crippen molar-refractivity contribution in [2.24, 2.45) is 5.14 Å². The molecule has 152 valence electrons. The van der Waals surface area contributed by atoms with Gasteiger partial charge in [0.2, 0.25) is 0 Å². The molecule has 1 aliphatic rings. The first-order chi connectivity index (χ1) is 14.4. The molecule has 0 bridgehead atoms. The SMILES string of the molecule is CC1(C)c2cc(C(=O)NCCNSN)ccc2C(=O)c2c1[nH]c1cc(C#N)ccc21. The number of hydrogen-bond donors (Lipinski definition) is 4. The zero-order valence-corrected chi connectivity index (χ0v) is 17.4. The van der Waals surface area contributed by atoms with Crippen LogP contribution in [-0.2, 0) is 5.41 Å². The summed E-state index contributed by atoms with van der Waals surface area (Å²) in [6, 6.07) is 12.6. The third-order valence-electron chi connectivity index (χ3n) is 5.58. The molecule has 0 unspecified atom stereocenters. The number of H-pyrrole nitrogens is 1. The van der Waals surface area contributed by atoms with Gasteiger partial charge in [-0.25, -0.2) is 4.72 Å². The molecular formula is C22H21N5O2S. The molecule has 0 saturated heterocycles. The molecule has 1 aromatic heterocycles. The minimum absolute atomic E-state index is 0.0774. The molecule has 0 radical (unpaired) electrons. The third kappa shape index (κ3) is 3.17. The second-order valence-electron chi connectivity index (χ2n) is 7.73. The fraction of sp³-hybridized carbons (Fsp3) is 0.227. The highest BCUT2D eigenvalue weighted by Crippen LogP contribution is 2.43.